The minimum absolute atomic E-state index is 0.0916. The summed E-state index contributed by atoms with van der Waals surface area (Å²) < 4.78 is 24.2. The van der Waals surface area contributed by atoms with Gasteiger partial charge in [-0.3, -0.25) is 10.1 Å². The van der Waals surface area contributed by atoms with Crippen LogP contribution in [0, 0.1) is 10.1 Å². The number of rotatable bonds is 5. The third kappa shape index (κ3) is 2.93. The van der Waals surface area contributed by atoms with Gasteiger partial charge in [-0.15, -0.1) is 11.3 Å². The number of aliphatic hydroxyl groups excluding tert-OH is 1. The molecule has 0 unspecified atom stereocenters. The molecule has 0 amide bonds. The molecule has 1 aromatic rings. The van der Waals surface area contributed by atoms with Crippen LogP contribution >= 0.6 is 22.9 Å². The first-order valence-electron chi connectivity index (χ1n) is 4.31. The van der Waals surface area contributed by atoms with Crippen LogP contribution in [0.25, 0.3) is 0 Å². The Labute approximate surface area is 106 Å². The Morgan fingerprint density at radius 3 is 2.65 bits per heavy atom. The van der Waals surface area contributed by atoms with Crippen molar-refractivity contribution in [3.63, 3.8) is 0 Å². The molecular weight excluding hydrogens is 292 g/mol. The van der Waals surface area contributed by atoms with Gasteiger partial charge in [-0.05, 0) is 0 Å². The van der Waals surface area contributed by atoms with E-state index in [1.807, 2.05) is 0 Å². The molecule has 0 aliphatic carbocycles. The van der Waals surface area contributed by atoms with Crippen molar-refractivity contribution in [3.8, 4) is 0 Å². The van der Waals surface area contributed by atoms with E-state index in [4.69, 9.17) is 16.7 Å². The summed E-state index contributed by atoms with van der Waals surface area (Å²) in [6.45, 7) is -0.428. The van der Waals surface area contributed by atoms with E-state index in [0.29, 0.717) is 11.3 Å². The molecule has 1 rings (SSSR count). The molecule has 0 saturated carbocycles. The highest BCUT2D eigenvalue weighted by Gasteiger charge is 2.28. The Morgan fingerprint density at radius 2 is 2.24 bits per heavy atom. The summed E-state index contributed by atoms with van der Waals surface area (Å²) in [5.74, 6) is 0. The number of thiophene rings is 1. The lowest BCUT2D eigenvalue weighted by Crippen LogP contribution is -2.29. The number of likely N-dealkylation sites (N-methyl/N-ethyl adjacent to an activating group) is 1. The van der Waals surface area contributed by atoms with Gasteiger partial charge in [0, 0.05) is 19.7 Å². The van der Waals surface area contributed by atoms with Crippen LogP contribution in [0.1, 0.15) is 0 Å². The predicted molar refractivity (Wildman–Crippen MR) is 62.9 cm³/mol. The van der Waals surface area contributed by atoms with E-state index in [0.717, 1.165) is 10.4 Å². The van der Waals surface area contributed by atoms with E-state index >= 15 is 0 Å². The summed E-state index contributed by atoms with van der Waals surface area (Å²) in [4.78, 5) is 9.79. The second-order valence-electron chi connectivity index (χ2n) is 3.03. The van der Waals surface area contributed by atoms with Crippen molar-refractivity contribution in [2.24, 2.45) is 0 Å². The lowest BCUT2D eigenvalue weighted by molar-refractivity contribution is -0.384. The highest BCUT2D eigenvalue weighted by atomic mass is 35.5. The quantitative estimate of drug-likeness (QED) is 0.644. The molecule has 1 heterocycles. The third-order valence-corrected chi connectivity index (χ3v) is 5.57. The first-order valence-corrected chi connectivity index (χ1v) is 6.95. The molecule has 0 spiro atoms. The second kappa shape index (κ2) is 5.27. The molecule has 0 saturated heterocycles. The number of nitro groups is 1. The molecule has 10 heteroatoms. The molecule has 1 N–H and O–H groups in total. The summed E-state index contributed by atoms with van der Waals surface area (Å²) in [7, 11) is -2.56. The van der Waals surface area contributed by atoms with Crippen LogP contribution < -0.4 is 0 Å². The van der Waals surface area contributed by atoms with Crippen LogP contribution in [0.4, 0.5) is 5.69 Å². The first kappa shape index (κ1) is 14.3. The Hall–Kier alpha value is -0.740. The van der Waals surface area contributed by atoms with Crippen molar-refractivity contribution in [2.45, 2.75) is 4.21 Å². The summed E-state index contributed by atoms with van der Waals surface area (Å²) in [6.07, 6.45) is 0. The molecule has 7 nitrogen and oxygen atoms in total. The topological polar surface area (TPSA) is 101 Å². The van der Waals surface area contributed by atoms with E-state index in [-0.39, 0.29) is 21.7 Å². The summed E-state index contributed by atoms with van der Waals surface area (Å²) >= 11 is 6.19. The number of hydrogen-bond acceptors (Lipinski definition) is 6. The molecule has 0 atom stereocenters. The van der Waals surface area contributed by atoms with Gasteiger partial charge in [0.05, 0.1) is 11.5 Å². The monoisotopic (exact) mass is 300 g/mol. The van der Waals surface area contributed by atoms with Crippen molar-refractivity contribution < 1.29 is 18.4 Å². The van der Waals surface area contributed by atoms with Gasteiger partial charge >= 0.3 is 0 Å². The fourth-order valence-electron chi connectivity index (χ4n) is 1.00. The molecule has 0 aliphatic heterocycles. The van der Waals surface area contributed by atoms with Crippen LogP contribution in [0.3, 0.4) is 0 Å². The van der Waals surface area contributed by atoms with Crippen LogP contribution in [0.5, 0.6) is 0 Å². The van der Waals surface area contributed by atoms with Gasteiger partial charge in [0.25, 0.3) is 15.7 Å². The molecule has 0 fully saturated rings. The number of nitrogens with zero attached hydrogens (tertiary/aromatic N) is 2. The number of halogens is 1. The minimum atomic E-state index is -3.83. The summed E-state index contributed by atoms with van der Waals surface area (Å²) in [6, 6.07) is 0.913. The minimum Gasteiger partial charge on any atom is -0.395 e. The van der Waals surface area contributed by atoms with Gasteiger partial charge in [0.15, 0.2) is 4.34 Å². The van der Waals surface area contributed by atoms with E-state index in [1.165, 1.54) is 7.05 Å². The maximum absolute atomic E-state index is 11.9. The molecule has 96 valence electrons. The number of aliphatic hydroxyl groups is 1. The Balaban J connectivity index is 3.17. The number of hydrogen-bond donors (Lipinski definition) is 1. The first-order chi connectivity index (χ1) is 7.80. The van der Waals surface area contributed by atoms with Crippen LogP contribution in [-0.2, 0) is 10.0 Å². The van der Waals surface area contributed by atoms with E-state index in [2.05, 4.69) is 0 Å². The van der Waals surface area contributed by atoms with Gasteiger partial charge in [-0.2, -0.15) is 4.31 Å². The maximum atomic E-state index is 11.9. The molecule has 17 heavy (non-hydrogen) atoms. The van der Waals surface area contributed by atoms with Crippen LogP contribution in [0.15, 0.2) is 10.3 Å². The van der Waals surface area contributed by atoms with Gasteiger partial charge in [-0.25, -0.2) is 8.42 Å². The molecule has 0 radical (unpaired) electrons. The third-order valence-electron chi connectivity index (χ3n) is 1.92. The highest BCUT2D eigenvalue weighted by molar-refractivity contribution is 7.91. The maximum Gasteiger partial charge on any atom is 0.300 e. The normalized spacial score (nSPS) is 12.0. The molecule has 0 bridgehead atoms. The Bertz CT molecular complexity index is 526. The highest BCUT2D eigenvalue weighted by Crippen LogP contribution is 2.37. The SMILES string of the molecule is CN(CCO)S(=O)(=O)c1cc([N+](=O)[O-])c(Cl)s1. The molecule has 0 aromatic carbocycles. The van der Waals surface area contributed by atoms with Gasteiger partial charge < -0.3 is 5.11 Å². The van der Waals surface area contributed by atoms with Gasteiger partial charge in [0.2, 0.25) is 0 Å². The van der Waals surface area contributed by atoms with Gasteiger partial charge in [-0.1, -0.05) is 11.6 Å². The zero-order valence-corrected chi connectivity index (χ0v) is 11.0. The molecule has 1 aromatic heterocycles. The lowest BCUT2D eigenvalue weighted by Gasteiger charge is -2.13. The number of sulfonamides is 1. The van der Waals surface area contributed by atoms with E-state index in [1.54, 1.807) is 0 Å². The Kier molecular flexibility index (Phi) is 4.44. The summed E-state index contributed by atoms with van der Waals surface area (Å²) in [5.41, 5.74) is -0.437. The van der Waals surface area contributed by atoms with Crippen molar-refractivity contribution in [2.75, 3.05) is 20.2 Å². The average molecular weight is 301 g/mol. The van der Waals surface area contributed by atoms with Crippen molar-refractivity contribution in [1.29, 1.82) is 0 Å². The smallest absolute Gasteiger partial charge is 0.300 e. The second-order valence-corrected chi connectivity index (χ2v) is 6.96. The van der Waals surface area contributed by atoms with E-state index < -0.39 is 20.6 Å². The molecular formula is C7H9ClN2O5S2. The lowest BCUT2D eigenvalue weighted by atomic mass is 10.6. The molecule has 0 aliphatic rings. The predicted octanol–water partition coefficient (Wildman–Crippen LogP) is 0.923. The van der Waals surface area contributed by atoms with Crippen LogP contribution in [-0.4, -0.2) is 43.0 Å². The zero-order chi connectivity index (χ0) is 13.2. The zero-order valence-electron chi connectivity index (χ0n) is 8.66. The summed E-state index contributed by atoms with van der Waals surface area (Å²) in [5, 5.41) is 19.2. The van der Waals surface area contributed by atoms with Gasteiger partial charge in [0.1, 0.15) is 4.21 Å². The van der Waals surface area contributed by atoms with Crippen molar-refractivity contribution in [3.05, 3.63) is 20.5 Å². The van der Waals surface area contributed by atoms with Crippen LogP contribution in [0.2, 0.25) is 4.34 Å². The van der Waals surface area contributed by atoms with Crippen molar-refractivity contribution >= 4 is 38.6 Å². The standard InChI is InChI=1S/C7H9ClN2O5S2/c1-9(2-3-11)17(14,15)6-4-5(10(12)13)7(8)16-6/h4,11H,2-3H2,1H3. The van der Waals surface area contributed by atoms with Crippen molar-refractivity contribution in [1.82, 2.24) is 4.31 Å². The Morgan fingerprint density at radius 1 is 1.65 bits per heavy atom. The van der Waals surface area contributed by atoms with E-state index in [9.17, 15) is 18.5 Å². The average Bonchev–Trinajstić information content (AvgIpc) is 2.61. The fraction of sp³-hybridized carbons (Fsp3) is 0.429. The largest absolute Gasteiger partial charge is 0.395 e. The fourth-order valence-corrected chi connectivity index (χ4v) is 4.04.